The highest BCUT2D eigenvalue weighted by Crippen LogP contribution is 2.35. The number of hydrogen-bond donors (Lipinski definition) is 2. The number of aromatic nitrogens is 5. The number of ether oxygens (including phenoxy) is 1. The molecule has 2 aromatic carbocycles. The molecule has 3 heterocycles. The Labute approximate surface area is 227 Å². The van der Waals surface area contributed by atoms with Gasteiger partial charge in [-0.05, 0) is 37.1 Å². The Morgan fingerprint density at radius 1 is 1.23 bits per heavy atom. The second-order valence-electron chi connectivity index (χ2n) is 8.70. The summed E-state index contributed by atoms with van der Waals surface area (Å²) >= 11 is 5.94. The predicted octanol–water partition coefficient (Wildman–Crippen LogP) is 3.95. The normalized spacial score (nSPS) is 14.8. The van der Waals surface area contributed by atoms with E-state index in [0.717, 1.165) is 0 Å². The Balaban J connectivity index is 1.48. The molecule has 11 nitrogen and oxygen atoms in total. The van der Waals surface area contributed by atoms with Crippen LogP contribution in [0.1, 0.15) is 12.8 Å². The molecule has 0 bridgehead atoms. The number of anilines is 3. The lowest BCUT2D eigenvalue weighted by atomic mass is 10.1. The van der Waals surface area contributed by atoms with Crippen molar-refractivity contribution in [1.82, 2.24) is 29.6 Å². The van der Waals surface area contributed by atoms with Crippen molar-refractivity contribution < 1.29 is 18.7 Å². The van der Waals surface area contributed by atoms with E-state index in [1.165, 1.54) is 35.8 Å². The van der Waals surface area contributed by atoms with Crippen LogP contribution in [0.3, 0.4) is 0 Å². The first kappa shape index (κ1) is 26.0. The van der Waals surface area contributed by atoms with E-state index in [4.69, 9.17) is 16.3 Å². The van der Waals surface area contributed by atoms with Gasteiger partial charge in [0.05, 0.1) is 28.5 Å². The van der Waals surface area contributed by atoms with Crippen LogP contribution < -0.4 is 15.4 Å². The molecule has 1 atom stereocenters. The Morgan fingerprint density at radius 3 is 2.90 bits per heavy atom. The van der Waals surface area contributed by atoms with Crippen LogP contribution >= 0.6 is 11.6 Å². The first-order chi connectivity index (χ1) is 18.9. The van der Waals surface area contributed by atoms with Crippen molar-refractivity contribution in [2.45, 2.75) is 25.4 Å². The summed E-state index contributed by atoms with van der Waals surface area (Å²) in [4.78, 5) is 39.6. The molecule has 1 fully saturated rings. The first-order valence-electron chi connectivity index (χ1n) is 12.1. The van der Waals surface area contributed by atoms with E-state index < -0.39 is 11.9 Å². The summed E-state index contributed by atoms with van der Waals surface area (Å²) < 4.78 is 22.2. The highest BCUT2D eigenvalue weighted by Gasteiger charge is 2.33. The van der Waals surface area contributed by atoms with Gasteiger partial charge in [-0.25, -0.2) is 24.0 Å². The molecule has 0 spiro atoms. The number of halogens is 2. The van der Waals surface area contributed by atoms with Crippen LogP contribution in [0.5, 0.6) is 5.75 Å². The van der Waals surface area contributed by atoms with Gasteiger partial charge in [-0.1, -0.05) is 24.2 Å². The summed E-state index contributed by atoms with van der Waals surface area (Å²) in [6.45, 7) is 4.64. The van der Waals surface area contributed by atoms with Gasteiger partial charge in [0, 0.05) is 18.0 Å². The molecule has 2 N–H and O–H groups in total. The summed E-state index contributed by atoms with van der Waals surface area (Å²) in [7, 11) is 0. The van der Waals surface area contributed by atoms with E-state index in [9.17, 15) is 14.0 Å². The summed E-state index contributed by atoms with van der Waals surface area (Å²) in [5.74, 6) is -0.639. The van der Waals surface area contributed by atoms with Gasteiger partial charge in [-0.2, -0.15) is 5.10 Å². The first-order valence-corrected chi connectivity index (χ1v) is 12.5. The number of amides is 2. The maximum Gasteiger partial charge on any atom is 0.247 e. The van der Waals surface area contributed by atoms with Crippen molar-refractivity contribution in [1.29, 1.82) is 0 Å². The average molecular weight is 551 g/mol. The molecule has 5 rings (SSSR count). The highest BCUT2D eigenvalue weighted by molar-refractivity contribution is 6.31. The van der Waals surface area contributed by atoms with Crippen LogP contribution in [-0.2, 0) is 16.1 Å². The number of hydrogen-bond acceptors (Lipinski definition) is 8. The van der Waals surface area contributed by atoms with Gasteiger partial charge >= 0.3 is 0 Å². The number of likely N-dealkylation sites (tertiary alicyclic amines) is 1. The molecule has 1 aliphatic heterocycles. The lowest BCUT2D eigenvalue weighted by Gasteiger charge is -2.23. The number of benzene rings is 2. The highest BCUT2D eigenvalue weighted by atomic mass is 35.5. The Morgan fingerprint density at radius 2 is 2.10 bits per heavy atom. The molecule has 39 heavy (non-hydrogen) atoms. The summed E-state index contributed by atoms with van der Waals surface area (Å²) in [6.07, 6.45) is 6.74. The summed E-state index contributed by atoms with van der Waals surface area (Å²) in [6, 6.07) is 7.25. The minimum absolute atomic E-state index is 0.0374. The zero-order valence-electron chi connectivity index (χ0n) is 20.7. The maximum absolute atomic E-state index is 14.6. The minimum Gasteiger partial charge on any atom is -0.489 e. The quantitative estimate of drug-likeness (QED) is 0.300. The van der Waals surface area contributed by atoms with Gasteiger partial charge in [0.2, 0.25) is 11.8 Å². The summed E-state index contributed by atoms with van der Waals surface area (Å²) in [5.41, 5.74) is 0.965. The third-order valence-corrected chi connectivity index (χ3v) is 6.55. The van der Waals surface area contributed by atoms with Gasteiger partial charge in [-0.15, -0.1) is 0 Å². The van der Waals surface area contributed by atoms with Crippen LogP contribution in [0, 0.1) is 5.82 Å². The molecule has 1 saturated heterocycles. The van der Waals surface area contributed by atoms with Crippen molar-refractivity contribution in [3.05, 3.63) is 72.8 Å². The standard InChI is InChI=1S/C26H24ClFN8O3/c1-2-23(37)36-8-4-7-21(36)26(38)34-20-11-16-19(12-22(20)39-10-9-35-15-29-13-32-35)30-14-31-25(16)33-18-6-3-5-17(27)24(18)28/h2-3,5-6,11-15,21H,1,4,7-10H2,(H,34,38)(H,30,31,33)/t21-/m0/s1. The zero-order chi connectivity index (χ0) is 27.4. The molecular weight excluding hydrogens is 527 g/mol. The third-order valence-electron chi connectivity index (χ3n) is 6.26. The topological polar surface area (TPSA) is 127 Å². The average Bonchev–Trinajstić information content (AvgIpc) is 3.64. The van der Waals surface area contributed by atoms with Crippen LogP contribution in [-0.4, -0.2) is 60.6 Å². The van der Waals surface area contributed by atoms with Gasteiger partial charge < -0.3 is 20.3 Å². The van der Waals surface area contributed by atoms with Crippen LogP contribution in [0.2, 0.25) is 5.02 Å². The lowest BCUT2D eigenvalue weighted by Crippen LogP contribution is -2.42. The monoisotopic (exact) mass is 550 g/mol. The van der Waals surface area contributed by atoms with Gasteiger partial charge in [0.25, 0.3) is 0 Å². The Kier molecular flexibility index (Phi) is 7.64. The maximum atomic E-state index is 14.6. The van der Waals surface area contributed by atoms with Gasteiger partial charge in [0.1, 0.15) is 43.2 Å². The molecule has 0 aliphatic carbocycles. The lowest BCUT2D eigenvalue weighted by molar-refractivity contribution is -0.132. The fraction of sp³-hybridized carbons (Fsp3) is 0.231. The number of fused-ring (bicyclic) bond motifs is 1. The van der Waals surface area contributed by atoms with Crippen molar-refractivity contribution >= 4 is 51.5 Å². The van der Waals surface area contributed by atoms with E-state index >= 15 is 0 Å². The molecule has 13 heteroatoms. The van der Waals surface area contributed by atoms with Gasteiger partial charge in [-0.3, -0.25) is 9.59 Å². The van der Waals surface area contributed by atoms with Crippen molar-refractivity contribution in [2.24, 2.45) is 0 Å². The van der Waals surface area contributed by atoms with Gasteiger partial charge in [0.15, 0.2) is 5.82 Å². The molecule has 1 aliphatic rings. The van der Waals surface area contributed by atoms with E-state index in [2.05, 4.69) is 37.3 Å². The number of rotatable bonds is 9. The third kappa shape index (κ3) is 5.65. The fourth-order valence-corrected chi connectivity index (χ4v) is 4.54. The van der Waals surface area contributed by atoms with E-state index in [0.29, 0.717) is 54.1 Å². The van der Waals surface area contributed by atoms with Crippen molar-refractivity contribution in [3.8, 4) is 5.75 Å². The largest absolute Gasteiger partial charge is 0.489 e. The summed E-state index contributed by atoms with van der Waals surface area (Å²) in [5, 5.41) is 10.4. The molecule has 4 aromatic rings. The Bertz CT molecular complexity index is 1530. The smallest absolute Gasteiger partial charge is 0.247 e. The molecule has 0 unspecified atom stereocenters. The second kappa shape index (κ2) is 11.4. The second-order valence-corrected chi connectivity index (χ2v) is 9.11. The molecule has 200 valence electrons. The van der Waals surface area contributed by atoms with Crippen molar-refractivity contribution in [3.63, 3.8) is 0 Å². The predicted molar refractivity (Wildman–Crippen MR) is 143 cm³/mol. The number of carbonyl (C=O) groups is 2. The van der Waals surface area contributed by atoms with Crippen molar-refractivity contribution in [2.75, 3.05) is 23.8 Å². The van der Waals surface area contributed by atoms with E-state index in [1.54, 1.807) is 29.2 Å². The molecule has 2 amide bonds. The van der Waals surface area contributed by atoms with E-state index in [1.807, 2.05) is 0 Å². The minimum atomic E-state index is -0.653. The zero-order valence-corrected chi connectivity index (χ0v) is 21.4. The fourth-order valence-electron chi connectivity index (χ4n) is 4.36. The van der Waals surface area contributed by atoms with Crippen LogP contribution in [0.25, 0.3) is 10.9 Å². The molecule has 2 aromatic heterocycles. The van der Waals surface area contributed by atoms with Crippen LogP contribution in [0.15, 0.2) is 62.0 Å². The number of carbonyl (C=O) groups excluding carboxylic acids is 2. The SMILES string of the molecule is C=CC(=O)N1CCC[C@H]1C(=O)Nc1cc2c(Nc3cccc(Cl)c3F)ncnc2cc1OCCn1cncn1. The Hall–Kier alpha value is -4.58. The van der Waals surface area contributed by atoms with Crippen LogP contribution in [0.4, 0.5) is 21.6 Å². The number of nitrogens with one attached hydrogen (secondary N) is 2. The molecule has 0 saturated carbocycles. The van der Waals surface area contributed by atoms with E-state index in [-0.39, 0.29) is 29.1 Å². The molecule has 0 radical (unpaired) electrons. The molecular formula is C26H24ClFN8O3. The number of nitrogens with zero attached hydrogens (tertiary/aromatic N) is 6.